The number of carbonyl (C=O) groups is 1. The topological polar surface area (TPSA) is 81.2 Å². The van der Waals surface area contributed by atoms with E-state index in [9.17, 15) is 9.59 Å². The summed E-state index contributed by atoms with van der Waals surface area (Å²) in [6.07, 6.45) is 2.99. The first kappa shape index (κ1) is 19.4. The van der Waals surface area contributed by atoms with Gasteiger partial charge in [-0.3, -0.25) is 9.59 Å². The Morgan fingerprint density at radius 2 is 1.90 bits per heavy atom. The van der Waals surface area contributed by atoms with Gasteiger partial charge in [-0.05, 0) is 48.3 Å². The number of carbonyl (C=O) groups excluding carboxylic acids is 1. The second-order valence-corrected chi connectivity index (χ2v) is 8.39. The maximum Gasteiger partial charge on any atom is 0.290 e. The van der Waals surface area contributed by atoms with Gasteiger partial charge in [0.05, 0.1) is 4.88 Å². The summed E-state index contributed by atoms with van der Waals surface area (Å²) in [7, 11) is 0. The van der Waals surface area contributed by atoms with E-state index in [1.165, 1.54) is 21.6 Å². The Morgan fingerprint density at radius 1 is 1.14 bits per heavy atom. The van der Waals surface area contributed by atoms with Gasteiger partial charge in [-0.25, -0.2) is 4.68 Å². The van der Waals surface area contributed by atoms with Crippen LogP contribution in [0.3, 0.4) is 0 Å². The highest BCUT2D eigenvalue weighted by molar-refractivity contribution is 7.13. The van der Waals surface area contributed by atoms with E-state index in [1.54, 1.807) is 6.07 Å². The van der Waals surface area contributed by atoms with Gasteiger partial charge in [-0.1, -0.05) is 36.4 Å². The summed E-state index contributed by atoms with van der Waals surface area (Å²) in [4.78, 5) is 27.9. The van der Waals surface area contributed by atoms with Crippen molar-refractivity contribution in [3.63, 3.8) is 0 Å². The Morgan fingerprint density at radius 3 is 2.59 bits per heavy atom. The molecule has 2 aromatic heterocycles. The van der Waals surface area contributed by atoms with Gasteiger partial charge in [0, 0.05) is 13.1 Å². The summed E-state index contributed by atoms with van der Waals surface area (Å²) >= 11 is 1.52. The molecule has 3 aromatic rings. The molecule has 1 amide bonds. The number of nitrogens with zero attached hydrogens (tertiary/aromatic N) is 3. The van der Waals surface area contributed by atoms with Crippen LogP contribution >= 0.6 is 11.3 Å². The third-order valence-electron chi connectivity index (χ3n) is 5.40. The molecule has 1 fully saturated rings. The number of hydrogen-bond donors (Lipinski definition) is 1. The Bertz CT molecular complexity index is 1020. The number of benzene rings is 1. The maximum atomic E-state index is 12.8. The lowest BCUT2D eigenvalue weighted by Gasteiger charge is -2.32. The molecule has 2 N–H and O–H groups in total. The Kier molecular flexibility index (Phi) is 5.76. The molecule has 1 aliphatic rings. The van der Waals surface area contributed by atoms with Crippen molar-refractivity contribution in [1.29, 1.82) is 0 Å². The van der Waals surface area contributed by atoms with Gasteiger partial charge in [0.15, 0.2) is 0 Å². The van der Waals surface area contributed by atoms with Crippen LogP contribution in [0, 0.1) is 5.92 Å². The second-order valence-electron chi connectivity index (χ2n) is 7.44. The van der Waals surface area contributed by atoms with E-state index in [0.717, 1.165) is 24.1 Å². The van der Waals surface area contributed by atoms with E-state index in [2.05, 4.69) is 29.4 Å². The quantitative estimate of drug-likeness (QED) is 0.704. The molecule has 0 unspecified atom stereocenters. The predicted octanol–water partition coefficient (Wildman–Crippen LogP) is 3.04. The van der Waals surface area contributed by atoms with Crippen LogP contribution in [0.15, 0.2) is 58.7 Å². The van der Waals surface area contributed by atoms with E-state index >= 15 is 0 Å². The van der Waals surface area contributed by atoms with Crippen LogP contribution in [0.25, 0.3) is 10.6 Å². The molecule has 6 nitrogen and oxygen atoms in total. The molecule has 0 radical (unpaired) electrons. The summed E-state index contributed by atoms with van der Waals surface area (Å²) in [5.74, 6) is 0.501. The zero-order valence-electron chi connectivity index (χ0n) is 16.2. The van der Waals surface area contributed by atoms with Gasteiger partial charge in [0.25, 0.3) is 5.56 Å². The predicted molar refractivity (Wildman–Crippen MR) is 116 cm³/mol. The molecule has 0 aliphatic carbocycles. The number of nitrogens with two attached hydrogens (primary N) is 1. The molecule has 1 aliphatic heterocycles. The number of hydrogen-bond acceptors (Lipinski definition) is 5. The first-order valence-corrected chi connectivity index (χ1v) is 10.7. The largest absolute Gasteiger partial charge is 0.394 e. The maximum absolute atomic E-state index is 12.8. The minimum Gasteiger partial charge on any atom is -0.394 e. The third-order valence-corrected chi connectivity index (χ3v) is 6.29. The van der Waals surface area contributed by atoms with Gasteiger partial charge in [-0.2, -0.15) is 5.10 Å². The first-order chi connectivity index (χ1) is 14.1. The monoisotopic (exact) mass is 408 g/mol. The number of amides is 1. The highest BCUT2D eigenvalue weighted by Crippen LogP contribution is 2.23. The third kappa shape index (κ3) is 4.56. The Hall–Kier alpha value is -2.93. The Balaban J connectivity index is 1.39. The fourth-order valence-corrected chi connectivity index (χ4v) is 4.46. The SMILES string of the molecule is Nc1cc(-c2cccs2)nn(CC(=O)N2CCC(Cc3ccccc3)CC2)c1=O. The van der Waals surface area contributed by atoms with E-state index in [-0.39, 0.29) is 18.1 Å². The molecular weight excluding hydrogens is 384 g/mol. The van der Waals surface area contributed by atoms with E-state index in [1.807, 2.05) is 28.5 Å². The summed E-state index contributed by atoms with van der Waals surface area (Å²) in [6, 6.07) is 15.9. The zero-order valence-corrected chi connectivity index (χ0v) is 17.0. The number of aromatic nitrogens is 2. The van der Waals surface area contributed by atoms with Gasteiger partial charge in [0.1, 0.15) is 17.9 Å². The van der Waals surface area contributed by atoms with Crippen LogP contribution < -0.4 is 11.3 Å². The normalized spacial score (nSPS) is 14.8. The highest BCUT2D eigenvalue weighted by atomic mass is 32.1. The van der Waals surface area contributed by atoms with Crippen molar-refractivity contribution in [2.45, 2.75) is 25.8 Å². The van der Waals surface area contributed by atoms with Crippen molar-refractivity contribution >= 4 is 22.9 Å². The minimum absolute atomic E-state index is 0.0778. The summed E-state index contributed by atoms with van der Waals surface area (Å²) in [6.45, 7) is 1.35. The molecular formula is C22H24N4O2S. The Labute approximate surface area is 173 Å². The van der Waals surface area contributed by atoms with E-state index in [0.29, 0.717) is 24.7 Å². The van der Waals surface area contributed by atoms with Gasteiger partial charge >= 0.3 is 0 Å². The van der Waals surface area contributed by atoms with Gasteiger partial charge in [-0.15, -0.1) is 11.3 Å². The standard InChI is InChI=1S/C22H24N4O2S/c23-18-14-19(20-7-4-12-29-20)24-26(22(18)28)15-21(27)25-10-8-17(9-11-25)13-16-5-2-1-3-6-16/h1-7,12,14,17H,8-11,13,15,23H2. The summed E-state index contributed by atoms with van der Waals surface area (Å²) < 4.78 is 1.20. The number of piperidine rings is 1. The molecule has 7 heteroatoms. The van der Waals surface area contributed by atoms with Crippen LogP contribution in [0.4, 0.5) is 5.69 Å². The number of thiophene rings is 1. The lowest BCUT2D eigenvalue weighted by molar-refractivity contribution is -0.133. The van der Waals surface area contributed by atoms with Crippen molar-refractivity contribution in [3.05, 3.63) is 69.8 Å². The summed E-state index contributed by atoms with van der Waals surface area (Å²) in [5, 5.41) is 6.31. The average Bonchev–Trinajstić information content (AvgIpc) is 3.27. The summed E-state index contributed by atoms with van der Waals surface area (Å²) in [5.41, 5.74) is 7.53. The molecule has 29 heavy (non-hydrogen) atoms. The first-order valence-electron chi connectivity index (χ1n) is 9.83. The molecule has 3 heterocycles. The zero-order chi connectivity index (χ0) is 20.2. The smallest absolute Gasteiger partial charge is 0.290 e. The fourth-order valence-electron chi connectivity index (χ4n) is 3.78. The average molecular weight is 409 g/mol. The minimum atomic E-state index is -0.419. The number of rotatable bonds is 5. The van der Waals surface area contributed by atoms with Crippen LogP contribution in [0.5, 0.6) is 0 Å². The van der Waals surface area contributed by atoms with Crippen molar-refractivity contribution in [3.8, 4) is 10.6 Å². The van der Waals surface area contributed by atoms with E-state index < -0.39 is 5.56 Å². The van der Waals surface area contributed by atoms with Crippen LogP contribution in [0.2, 0.25) is 0 Å². The van der Waals surface area contributed by atoms with Crippen LogP contribution in [-0.2, 0) is 17.8 Å². The van der Waals surface area contributed by atoms with Gasteiger partial charge in [0.2, 0.25) is 5.91 Å². The van der Waals surface area contributed by atoms with Crippen LogP contribution in [0.1, 0.15) is 18.4 Å². The molecule has 4 rings (SSSR count). The lowest BCUT2D eigenvalue weighted by atomic mass is 9.90. The highest BCUT2D eigenvalue weighted by Gasteiger charge is 2.24. The van der Waals surface area contributed by atoms with Crippen molar-refractivity contribution in [2.75, 3.05) is 18.8 Å². The molecule has 0 saturated carbocycles. The molecule has 1 saturated heterocycles. The van der Waals surface area contributed by atoms with E-state index in [4.69, 9.17) is 5.73 Å². The second kappa shape index (κ2) is 8.61. The molecule has 0 atom stereocenters. The fraction of sp³-hybridized carbons (Fsp3) is 0.318. The van der Waals surface area contributed by atoms with Gasteiger partial charge < -0.3 is 10.6 Å². The van der Waals surface area contributed by atoms with Crippen LogP contribution in [-0.4, -0.2) is 33.7 Å². The lowest BCUT2D eigenvalue weighted by Crippen LogP contribution is -2.42. The molecule has 0 spiro atoms. The van der Waals surface area contributed by atoms with Crippen molar-refractivity contribution in [1.82, 2.24) is 14.7 Å². The van der Waals surface area contributed by atoms with Crippen molar-refractivity contribution in [2.24, 2.45) is 5.92 Å². The molecule has 0 bridgehead atoms. The number of anilines is 1. The number of likely N-dealkylation sites (tertiary alicyclic amines) is 1. The molecule has 1 aromatic carbocycles. The molecule has 150 valence electrons. The van der Waals surface area contributed by atoms with Crippen molar-refractivity contribution < 1.29 is 4.79 Å². The number of nitrogen functional groups attached to an aromatic ring is 1.